The highest BCUT2D eigenvalue weighted by Gasteiger charge is 2.23. The van der Waals surface area contributed by atoms with E-state index in [1.807, 2.05) is 6.92 Å². The highest BCUT2D eigenvalue weighted by atomic mass is 16.6. The molecule has 3 rings (SSSR count). The van der Waals surface area contributed by atoms with Gasteiger partial charge in [0, 0.05) is 18.9 Å². The van der Waals surface area contributed by atoms with Crippen LogP contribution < -0.4 is 0 Å². The first-order valence-corrected chi connectivity index (χ1v) is 7.67. The number of nitro groups is 1. The van der Waals surface area contributed by atoms with Crippen molar-refractivity contribution in [1.29, 1.82) is 0 Å². The lowest BCUT2D eigenvalue weighted by molar-refractivity contribution is -0.389. The van der Waals surface area contributed by atoms with Crippen molar-refractivity contribution in [1.82, 2.24) is 24.5 Å². The third kappa shape index (κ3) is 2.72. The topological polar surface area (TPSA) is 91.7 Å². The molecule has 118 valence electrons. The van der Waals surface area contributed by atoms with Crippen molar-refractivity contribution in [2.45, 2.75) is 58.5 Å². The third-order valence-electron chi connectivity index (χ3n) is 4.18. The lowest BCUT2D eigenvalue weighted by Crippen LogP contribution is -2.15. The zero-order valence-electron chi connectivity index (χ0n) is 12.9. The Morgan fingerprint density at radius 2 is 2.18 bits per heavy atom. The summed E-state index contributed by atoms with van der Waals surface area (Å²) in [5, 5.41) is 23.5. The summed E-state index contributed by atoms with van der Waals surface area (Å²) < 4.78 is 3.89. The number of nitrogens with zero attached hydrogens (tertiary/aromatic N) is 6. The average molecular weight is 304 g/mol. The van der Waals surface area contributed by atoms with Crippen LogP contribution in [0.4, 0.5) is 5.82 Å². The van der Waals surface area contributed by atoms with Crippen molar-refractivity contribution < 1.29 is 4.92 Å². The van der Waals surface area contributed by atoms with E-state index < -0.39 is 4.92 Å². The lowest BCUT2D eigenvalue weighted by atomic mass is 10.1. The summed E-state index contributed by atoms with van der Waals surface area (Å²) in [6.45, 7) is 5.42. The number of hydrogen-bond acceptors (Lipinski definition) is 5. The van der Waals surface area contributed by atoms with Gasteiger partial charge in [0.05, 0.1) is 23.4 Å². The monoisotopic (exact) mass is 304 g/mol. The smallest absolute Gasteiger partial charge is 0.358 e. The zero-order valence-corrected chi connectivity index (χ0v) is 12.9. The SMILES string of the molecule is Cc1cc([N+](=O)[O-])nn1C[C@H](C)c1nnc2n1CCCCC2. The molecular formula is C14H20N6O2. The van der Waals surface area contributed by atoms with Gasteiger partial charge in [0.25, 0.3) is 0 Å². The maximum absolute atomic E-state index is 10.8. The van der Waals surface area contributed by atoms with Crippen LogP contribution in [0.5, 0.6) is 0 Å². The van der Waals surface area contributed by atoms with Crippen molar-refractivity contribution in [3.8, 4) is 0 Å². The number of rotatable bonds is 4. The largest absolute Gasteiger partial charge is 0.390 e. The first-order valence-electron chi connectivity index (χ1n) is 7.67. The predicted octanol–water partition coefficient (Wildman–Crippen LogP) is 2.22. The van der Waals surface area contributed by atoms with E-state index in [-0.39, 0.29) is 11.7 Å². The zero-order chi connectivity index (χ0) is 15.7. The Labute approximate surface area is 128 Å². The Bertz CT molecular complexity index is 690. The van der Waals surface area contributed by atoms with Gasteiger partial charge >= 0.3 is 5.82 Å². The molecule has 0 amide bonds. The lowest BCUT2D eigenvalue weighted by Gasteiger charge is -2.12. The Morgan fingerprint density at radius 3 is 2.91 bits per heavy atom. The van der Waals surface area contributed by atoms with Gasteiger partial charge in [-0.3, -0.25) is 0 Å². The first kappa shape index (κ1) is 14.7. The Hall–Kier alpha value is -2.25. The van der Waals surface area contributed by atoms with Gasteiger partial charge in [-0.1, -0.05) is 13.3 Å². The van der Waals surface area contributed by atoms with E-state index in [2.05, 4.69) is 26.8 Å². The fourth-order valence-corrected chi connectivity index (χ4v) is 2.98. The number of fused-ring (bicyclic) bond motifs is 1. The number of aromatic nitrogens is 5. The minimum Gasteiger partial charge on any atom is -0.358 e. The highest BCUT2D eigenvalue weighted by molar-refractivity contribution is 5.21. The second kappa shape index (κ2) is 5.86. The molecule has 0 aliphatic carbocycles. The summed E-state index contributed by atoms with van der Waals surface area (Å²) in [6.07, 6.45) is 4.52. The third-order valence-corrected chi connectivity index (χ3v) is 4.18. The van der Waals surface area contributed by atoms with Crippen molar-refractivity contribution in [3.05, 3.63) is 33.5 Å². The number of aryl methyl sites for hydroxylation is 2. The average Bonchev–Trinajstić information content (AvgIpc) is 2.96. The number of hydrogen-bond donors (Lipinski definition) is 0. The Balaban J connectivity index is 1.81. The molecule has 0 unspecified atom stereocenters. The molecule has 8 nitrogen and oxygen atoms in total. The minimum atomic E-state index is -0.461. The summed E-state index contributed by atoms with van der Waals surface area (Å²) in [6, 6.07) is 1.50. The van der Waals surface area contributed by atoms with Gasteiger partial charge in [-0.25, -0.2) is 0 Å². The van der Waals surface area contributed by atoms with Gasteiger partial charge in [0.15, 0.2) is 0 Å². The molecule has 1 aliphatic heterocycles. The molecule has 0 spiro atoms. The summed E-state index contributed by atoms with van der Waals surface area (Å²) in [7, 11) is 0. The molecule has 0 saturated heterocycles. The molecule has 2 aromatic rings. The summed E-state index contributed by atoms with van der Waals surface area (Å²) in [5.74, 6) is 2.01. The van der Waals surface area contributed by atoms with Crippen LogP contribution >= 0.6 is 0 Å². The molecule has 3 heterocycles. The van der Waals surface area contributed by atoms with E-state index >= 15 is 0 Å². The molecule has 0 saturated carbocycles. The molecule has 0 fully saturated rings. The molecule has 2 aromatic heterocycles. The molecule has 0 N–H and O–H groups in total. The van der Waals surface area contributed by atoms with Crippen LogP contribution in [0.25, 0.3) is 0 Å². The molecule has 0 aromatic carbocycles. The second-order valence-corrected chi connectivity index (χ2v) is 5.92. The molecule has 1 aliphatic rings. The standard InChI is InChI=1S/C14H20N6O2/c1-10(9-19-11(2)8-13(17-19)20(21)22)14-16-15-12-6-4-3-5-7-18(12)14/h8,10H,3-7,9H2,1-2H3/t10-/m0/s1. The normalized spacial score (nSPS) is 16.1. The van der Waals surface area contributed by atoms with E-state index in [1.165, 1.54) is 12.5 Å². The van der Waals surface area contributed by atoms with Crippen LogP contribution in [0.15, 0.2) is 6.07 Å². The van der Waals surface area contributed by atoms with Crippen molar-refractivity contribution in [3.63, 3.8) is 0 Å². The van der Waals surface area contributed by atoms with E-state index in [1.54, 1.807) is 4.68 Å². The summed E-state index contributed by atoms with van der Waals surface area (Å²) in [4.78, 5) is 10.4. The van der Waals surface area contributed by atoms with Crippen LogP contribution in [0, 0.1) is 17.0 Å². The van der Waals surface area contributed by atoms with Crippen LogP contribution in [-0.2, 0) is 19.5 Å². The van der Waals surface area contributed by atoms with Crippen LogP contribution in [-0.4, -0.2) is 29.5 Å². The van der Waals surface area contributed by atoms with Crippen LogP contribution in [0.3, 0.4) is 0 Å². The minimum absolute atomic E-state index is 0.107. The van der Waals surface area contributed by atoms with Gasteiger partial charge in [0.1, 0.15) is 11.6 Å². The first-order chi connectivity index (χ1) is 10.6. The van der Waals surface area contributed by atoms with Gasteiger partial charge in [-0.2, -0.15) is 4.68 Å². The van der Waals surface area contributed by atoms with E-state index in [9.17, 15) is 10.1 Å². The second-order valence-electron chi connectivity index (χ2n) is 5.92. The van der Waals surface area contributed by atoms with E-state index in [0.717, 1.165) is 43.1 Å². The Kier molecular flexibility index (Phi) is 3.91. The predicted molar refractivity (Wildman–Crippen MR) is 79.6 cm³/mol. The molecule has 1 atom stereocenters. The van der Waals surface area contributed by atoms with Crippen molar-refractivity contribution in [2.75, 3.05) is 0 Å². The fourth-order valence-electron chi connectivity index (χ4n) is 2.98. The molecule has 0 bridgehead atoms. The van der Waals surface area contributed by atoms with Gasteiger partial charge in [-0.15, -0.1) is 10.2 Å². The van der Waals surface area contributed by atoms with E-state index in [0.29, 0.717) is 6.54 Å². The highest BCUT2D eigenvalue weighted by Crippen LogP contribution is 2.22. The van der Waals surface area contributed by atoms with Crippen molar-refractivity contribution >= 4 is 5.82 Å². The maximum Gasteiger partial charge on any atom is 0.390 e. The van der Waals surface area contributed by atoms with Crippen LogP contribution in [0.2, 0.25) is 0 Å². The van der Waals surface area contributed by atoms with Crippen LogP contribution in [0.1, 0.15) is 49.4 Å². The van der Waals surface area contributed by atoms with Gasteiger partial charge in [-0.05, 0) is 24.7 Å². The van der Waals surface area contributed by atoms with E-state index in [4.69, 9.17) is 0 Å². The molecular weight excluding hydrogens is 284 g/mol. The maximum atomic E-state index is 10.8. The summed E-state index contributed by atoms with van der Waals surface area (Å²) in [5.41, 5.74) is 0.786. The van der Waals surface area contributed by atoms with Crippen molar-refractivity contribution in [2.24, 2.45) is 0 Å². The quantitative estimate of drug-likeness (QED) is 0.638. The van der Waals surface area contributed by atoms with Gasteiger partial charge in [0.2, 0.25) is 0 Å². The fraction of sp³-hybridized carbons (Fsp3) is 0.643. The molecule has 0 radical (unpaired) electrons. The molecule has 8 heteroatoms. The van der Waals surface area contributed by atoms with Gasteiger partial charge < -0.3 is 14.7 Å². The Morgan fingerprint density at radius 1 is 1.36 bits per heavy atom. The summed E-state index contributed by atoms with van der Waals surface area (Å²) >= 11 is 0. The molecule has 22 heavy (non-hydrogen) atoms.